The minimum absolute atomic E-state index is 0.0602. The minimum Gasteiger partial charge on any atom is -0.346 e. The van der Waals surface area contributed by atoms with Gasteiger partial charge >= 0.3 is 0 Å². The standard InChI is InChI=1S/C15H14N4O/c1-19(2)15(20)13-6-11(7-16-8-13)12-5-10-3-4-17-14(10)18-9-12/h3-9H,1-2H3,(H,17,18). The second-order valence-electron chi connectivity index (χ2n) is 4.80. The van der Waals surface area contributed by atoms with E-state index in [9.17, 15) is 4.79 Å². The van der Waals surface area contributed by atoms with Crippen LogP contribution in [0.5, 0.6) is 0 Å². The van der Waals surface area contributed by atoms with Crippen molar-refractivity contribution in [3.8, 4) is 11.1 Å². The Morgan fingerprint density at radius 3 is 2.75 bits per heavy atom. The Labute approximate surface area is 116 Å². The Morgan fingerprint density at radius 1 is 1.15 bits per heavy atom. The zero-order valence-electron chi connectivity index (χ0n) is 11.3. The molecule has 0 atom stereocenters. The summed E-state index contributed by atoms with van der Waals surface area (Å²) < 4.78 is 0. The number of rotatable bonds is 2. The van der Waals surface area contributed by atoms with Crippen LogP contribution in [-0.4, -0.2) is 39.9 Å². The molecule has 100 valence electrons. The summed E-state index contributed by atoms with van der Waals surface area (Å²) in [5.74, 6) is -0.0602. The van der Waals surface area contributed by atoms with Gasteiger partial charge in [-0.15, -0.1) is 0 Å². The zero-order chi connectivity index (χ0) is 14.1. The van der Waals surface area contributed by atoms with E-state index < -0.39 is 0 Å². The third-order valence-electron chi connectivity index (χ3n) is 3.12. The van der Waals surface area contributed by atoms with Gasteiger partial charge in [-0.05, 0) is 18.2 Å². The molecule has 0 aliphatic heterocycles. The van der Waals surface area contributed by atoms with Crippen LogP contribution in [0.3, 0.4) is 0 Å². The van der Waals surface area contributed by atoms with Gasteiger partial charge < -0.3 is 9.88 Å². The first-order valence-electron chi connectivity index (χ1n) is 6.25. The van der Waals surface area contributed by atoms with Crippen molar-refractivity contribution < 1.29 is 4.79 Å². The number of H-pyrrole nitrogens is 1. The van der Waals surface area contributed by atoms with Crippen molar-refractivity contribution >= 4 is 16.9 Å². The van der Waals surface area contributed by atoms with Crippen LogP contribution in [-0.2, 0) is 0 Å². The summed E-state index contributed by atoms with van der Waals surface area (Å²) in [5, 5.41) is 1.03. The van der Waals surface area contributed by atoms with Gasteiger partial charge in [-0.1, -0.05) is 0 Å². The molecule has 3 aromatic heterocycles. The molecule has 5 nitrogen and oxygen atoms in total. The number of aromatic nitrogens is 3. The predicted molar refractivity (Wildman–Crippen MR) is 77.3 cm³/mol. The number of nitrogens with zero attached hydrogens (tertiary/aromatic N) is 3. The number of pyridine rings is 2. The number of nitrogens with one attached hydrogen (secondary N) is 1. The van der Waals surface area contributed by atoms with Gasteiger partial charge in [0, 0.05) is 55.4 Å². The lowest BCUT2D eigenvalue weighted by atomic mass is 10.1. The van der Waals surface area contributed by atoms with Crippen molar-refractivity contribution in [3.63, 3.8) is 0 Å². The molecule has 0 fully saturated rings. The molecule has 0 aliphatic rings. The molecule has 0 aromatic carbocycles. The molecule has 0 spiro atoms. The van der Waals surface area contributed by atoms with E-state index in [-0.39, 0.29) is 5.91 Å². The van der Waals surface area contributed by atoms with E-state index in [1.807, 2.05) is 24.4 Å². The highest BCUT2D eigenvalue weighted by Gasteiger charge is 2.10. The molecule has 0 bridgehead atoms. The van der Waals surface area contributed by atoms with Gasteiger partial charge in [-0.25, -0.2) is 4.98 Å². The quantitative estimate of drug-likeness (QED) is 0.774. The van der Waals surface area contributed by atoms with Crippen LogP contribution in [0.4, 0.5) is 0 Å². The van der Waals surface area contributed by atoms with Gasteiger partial charge in [0.1, 0.15) is 5.65 Å². The van der Waals surface area contributed by atoms with E-state index >= 15 is 0 Å². The summed E-state index contributed by atoms with van der Waals surface area (Å²) in [6, 6.07) is 5.83. The Bertz CT molecular complexity index is 776. The average molecular weight is 266 g/mol. The number of carbonyl (C=O) groups excluding carboxylic acids is 1. The Kier molecular flexibility index (Phi) is 2.95. The lowest BCUT2D eigenvalue weighted by molar-refractivity contribution is 0.0827. The summed E-state index contributed by atoms with van der Waals surface area (Å²) in [5.41, 5.74) is 3.25. The van der Waals surface area contributed by atoms with Gasteiger partial charge in [0.05, 0.1) is 5.56 Å². The first kappa shape index (κ1) is 12.3. The fraction of sp³-hybridized carbons (Fsp3) is 0.133. The van der Waals surface area contributed by atoms with E-state index in [4.69, 9.17) is 0 Å². The molecule has 20 heavy (non-hydrogen) atoms. The summed E-state index contributed by atoms with van der Waals surface area (Å²) in [6.45, 7) is 0. The van der Waals surface area contributed by atoms with Gasteiger partial charge in [0.2, 0.25) is 0 Å². The van der Waals surface area contributed by atoms with Crippen LogP contribution in [0.2, 0.25) is 0 Å². The zero-order valence-corrected chi connectivity index (χ0v) is 11.3. The lowest BCUT2D eigenvalue weighted by Crippen LogP contribution is -2.21. The molecule has 1 amide bonds. The highest BCUT2D eigenvalue weighted by atomic mass is 16.2. The molecular weight excluding hydrogens is 252 g/mol. The first-order valence-corrected chi connectivity index (χ1v) is 6.25. The Balaban J connectivity index is 2.05. The van der Waals surface area contributed by atoms with Crippen molar-refractivity contribution in [1.29, 1.82) is 0 Å². The number of carbonyl (C=O) groups is 1. The van der Waals surface area contributed by atoms with Crippen molar-refractivity contribution in [2.75, 3.05) is 14.1 Å². The number of fused-ring (bicyclic) bond motifs is 1. The molecule has 3 aromatic rings. The van der Waals surface area contributed by atoms with Crippen LogP contribution in [0, 0.1) is 0 Å². The maximum absolute atomic E-state index is 12.0. The second-order valence-corrected chi connectivity index (χ2v) is 4.80. The molecule has 0 saturated heterocycles. The Hall–Kier alpha value is -2.69. The van der Waals surface area contributed by atoms with Gasteiger partial charge in [-0.2, -0.15) is 0 Å². The van der Waals surface area contributed by atoms with E-state index in [0.717, 1.165) is 22.2 Å². The number of aromatic amines is 1. The molecule has 0 unspecified atom stereocenters. The molecule has 3 heterocycles. The highest BCUT2D eigenvalue weighted by molar-refractivity contribution is 5.95. The van der Waals surface area contributed by atoms with E-state index in [1.165, 1.54) is 4.90 Å². The number of amides is 1. The van der Waals surface area contributed by atoms with Gasteiger partial charge in [-0.3, -0.25) is 9.78 Å². The summed E-state index contributed by atoms with van der Waals surface area (Å²) in [6.07, 6.45) is 6.95. The minimum atomic E-state index is -0.0602. The van der Waals surface area contributed by atoms with E-state index in [2.05, 4.69) is 15.0 Å². The highest BCUT2D eigenvalue weighted by Crippen LogP contribution is 2.22. The fourth-order valence-corrected chi connectivity index (χ4v) is 2.07. The maximum Gasteiger partial charge on any atom is 0.254 e. The molecule has 0 saturated carbocycles. The Morgan fingerprint density at radius 2 is 1.95 bits per heavy atom. The van der Waals surface area contributed by atoms with Crippen molar-refractivity contribution in [1.82, 2.24) is 19.9 Å². The normalized spacial score (nSPS) is 10.7. The SMILES string of the molecule is CN(C)C(=O)c1cncc(-c2cnc3[nH]ccc3c2)c1. The topological polar surface area (TPSA) is 61.9 Å². The monoisotopic (exact) mass is 266 g/mol. The van der Waals surface area contributed by atoms with E-state index in [0.29, 0.717) is 5.56 Å². The van der Waals surface area contributed by atoms with Crippen molar-refractivity contribution in [3.05, 3.63) is 48.5 Å². The molecule has 3 rings (SSSR count). The number of hydrogen-bond acceptors (Lipinski definition) is 3. The summed E-state index contributed by atoms with van der Waals surface area (Å²) in [7, 11) is 3.45. The third-order valence-corrected chi connectivity index (χ3v) is 3.12. The van der Waals surface area contributed by atoms with Crippen LogP contribution < -0.4 is 0 Å². The average Bonchev–Trinajstić information content (AvgIpc) is 2.93. The lowest BCUT2D eigenvalue weighted by Gasteiger charge is -2.10. The van der Waals surface area contributed by atoms with Gasteiger partial charge in [0.15, 0.2) is 0 Å². The van der Waals surface area contributed by atoms with Crippen molar-refractivity contribution in [2.24, 2.45) is 0 Å². The van der Waals surface area contributed by atoms with Crippen LogP contribution in [0.25, 0.3) is 22.2 Å². The molecule has 0 radical (unpaired) electrons. The smallest absolute Gasteiger partial charge is 0.254 e. The summed E-state index contributed by atoms with van der Waals surface area (Å²) >= 11 is 0. The van der Waals surface area contributed by atoms with Crippen LogP contribution in [0.1, 0.15) is 10.4 Å². The van der Waals surface area contributed by atoms with E-state index in [1.54, 1.807) is 32.7 Å². The van der Waals surface area contributed by atoms with Crippen LogP contribution in [0.15, 0.2) is 43.0 Å². The first-order chi connectivity index (χ1) is 9.65. The van der Waals surface area contributed by atoms with Gasteiger partial charge in [0.25, 0.3) is 5.91 Å². The maximum atomic E-state index is 12.0. The third kappa shape index (κ3) is 2.14. The number of hydrogen-bond donors (Lipinski definition) is 1. The van der Waals surface area contributed by atoms with Crippen molar-refractivity contribution in [2.45, 2.75) is 0 Å². The van der Waals surface area contributed by atoms with Crippen LogP contribution >= 0.6 is 0 Å². The predicted octanol–water partition coefficient (Wildman–Crippen LogP) is 2.33. The molecular formula is C15H14N4O. The fourth-order valence-electron chi connectivity index (χ4n) is 2.07. The summed E-state index contributed by atoms with van der Waals surface area (Å²) in [4.78, 5) is 25.1. The second kappa shape index (κ2) is 4.77. The largest absolute Gasteiger partial charge is 0.346 e. The molecule has 1 N–H and O–H groups in total. The molecule has 5 heteroatoms. The molecule has 0 aliphatic carbocycles.